The molecule has 0 unspecified atom stereocenters. The van der Waals surface area contributed by atoms with E-state index in [4.69, 9.17) is 9.15 Å². The topological polar surface area (TPSA) is 60.5 Å². The lowest BCUT2D eigenvalue weighted by Gasteiger charge is -2.32. The fraction of sp³-hybridized carbons (Fsp3) is 0.368. The molecule has 0 saturated carbocycles. The summed E-state index contributed by atoms with van der Waals surface area (Å²) in [6.07, 6.45) is 5.74. The van der Waals surface area contributed by atoms with E-state index < -0.39 is 0 Å². The van der Waals surface area contributed by atoms with Crippen LogP contribution in [0, 0.1) is 6.92 Å². The van der Waals surface area contributed by atoms with Gasteiger partial charge in [0.25, 0.3) is 5.91 Å². The highest BCUT2D eigenvalue weighted by Crippen LogP contribution is 2.31. The molecule has 1 aromatic carbocycles. The van der Waals surface area contributed by atoms with Crippen molar-refractivity contribution in [3.63, 3.8) is 0 Å². The summed E-state index contributed by atoms with van der Waals surface area (Å²) < 4.78 is 13.0. The van der Waals surface area contributed by atoms with Crippen LogP contribution in [-0.4, -0.2) is 40.8 Å². The molecule has 3 aromatic rings. The number of carbonyl (C=O) groups excluding carboxylic acids is 1. The Balaban J connectivity index is 1.66. The van der Waals surface area contributed by atoms with Crippen LogP contribution in [0.15, 0.2) is 41.1 Å². The van der Waals surface area contributed by atoms with Crippen LogP contribution in [0.2, 0.25) is 0 Å². The highest BCUT2D eigenvalue weighted by molar-refractivity contribution is 6.07. The van der Waals surface area contributed by atoms with Crippen molar-refractivity contribution in [3.8, 4) is 5.75 Å². The van der Waals surface area contributed by atoms with Gasteiger partial charge in [0.1, 0.15) is 17.1 Å². The quantitative estimate of drug-likeness (QED) is 0.733. The first-order valence-electron chi connectivity index (χ1n) is 8.53. The van der Waals surface area contributed by atoms with E-state index in [9.17, 15) is 4.79 Å². The number of carbonyl (C=O) groups is 1. The van der Waals surface area contributed by atoms with Crippen molar-refractivity contribution in [2.75, 3.05) is 20.2 Å². The predicted octanol–water partition coefficient (Wildman–Crippen LogP) is 3.42. The number of piperidine rings is 1. The first kappa shape index (κ1) is 15.7. The van der Waals surface area contributed by atoms with Crippen LogP contribution < -0.4 is 4.74 Å². The zero-order valence-electron chi connectivity index (χ0n) is 14.4. The number of hydrogen-bond acceptors (Lipinski definition) is 4. The Morgan fingerprint density at radius 2 is 2.28 bits per heavy atom. The molecule has 1 saturated heterocycles. The van der Waals surface area contributed by atoms with Gasteiger partial charge in [0, 0.05) is 30.9 Å². The maximum Gasteiger partial charge on any atom is 0.258 e. The normalized spacial score (nSPS) is 17.8. The second kappa shape index (κ2) is 6.27. The minimum atomic E-state index is 0.0151. The monoisotopic (exact) mass is 339 g/mol. The molecule has 6 nitrogen and oxygen atoms in total. The molecular weight excluding hydrogens is 318 g/mol. The molecule has 25 heavy (non-hydrogen) atoms. The third-order valence-corrected chi connectivity index (χ3v) is 4.87. The van der Waals surface area contributed by atoms with Gasteiger partial charge in [-0.1, -0.05) is 0 Å². The summed E-state index contributed by atoms with van der Waals surface area (Å²) in [6, 6.07) is 7.70. The molecular formula is C19H21N3O3. The van der Waals surface area contributed by atoms with E-state index in [2.05, 4.69) is 5.10 Å². The number of ether oxygens (including phenoxy) is 1. The molecule has 1 aliphatic heterocycles. The van der Waals surface area contributed by atoms with Crippen LogP contribution in [0.3, 0.4) is 0 Å². The van der Waals surface area contributed by atoms with Crippen LogP contribution in [-0.2, 0) is 0 Å². The fourth-order valence-electron chi connectivity index (χ4n) is 3.60. The smallest absolute Gasteiger partial charge is 0.258 e. The molecule has 1 amide bonds. The van der Waals surface area contributed by atoms with Gasteiger partial charge >= 0.3 is 0 Å². The number of benzene rings is 1. The van der Waals surface area contributed by atoms with Crippen molar-refractivity contribution in [1.29, 1.82) is 0 Å². The molecule has 0 spiro atoms. The van der Waals surface area contributed by atoms with Crippen molar-refractivity contribution in [1.82, 2.24) is 14.7 Å². The summed E-state index contributed by atoms with van der Waals surface area (Å²) in [7, 11) is 1.62. The summed E-state index contributed by atoms with van der Waals surface area (Å²) in [5.74, 6) is 1.38. The van der Waals surface area contributed by atoms with E-state index in [0.29, 0.717) is 23.5 Å². The summed E-state index contributed by atoms with van der Waals surface area (Å²) in [5, 5.41) is 5.14. The van der Waals surface area contributed by atoms with Gasteiger partial charge in [0.2, 0.25) is 0 Å². The number of aromatic nitrogens is 2. The summed E-state index contributed by atoms with van der Waals surface area (Å²) in [6.45, 7) is 3.26. The molecule has 6 heteroatoms. The second-order valence-electron chi connectivity index (χ2n) is 6.43. The number of furan rings is 1. The second-order valence-corrected chi connectivity index (χ2v) is 6.43. The number of rotatable bonds is 3. The zero-order valence-corrected chi connectivity index (χ0v) is 14.4. The maximum absolute atomic E-state index is 13.2. The summed E-state index contributed by atoms with van der Waals surface area (Å²) >= 11 is 0. The number of likely N-dealkylation sites (tertiary alicyclic amines) is 1. The predicted molar refractivity (Wildman–Crippen MR) is 93.9 cm³/mol. The van der Waals surface area contributed by atoms with E-state index in [-0.39, 0.29) is 11.9 Å². The largest absolute Gasteiger partial charge is 0.497 e. The van der Waals surface area contributed by atoms with Gasteiger partial charge in [-0.05, 0) is 44.0 Å². The van der Waals surface area contributed by atoms with Gasteiger partial charge in [-0.3, -0.25) is 9.48 Å². The van der Waals surface area contributed by atoms with Crippen molar-refractivity contribution < 1.29 is 13.9 Å². The lowest BCUT2D eigenvalue weighted by Crippen LogP contribution is -2.41. The first-order valence-corrected chi connectivity index (χ1v) is 8.53. The number of nitrogens with zero attached hydrogens (tertiary/aromatic N) is 3. The molecule has 130 valence electrons. The van der Waals surface area contributed by atoms with Crippen LogP contribution in [0.4, 0.5) is 0 Å². The van der Waals surface area contributed by atoms with E-state index in [1.165, 1.54) is 0 Å². The summed E-state index contributed by atoms with van der Waals surface area (Å²) in [4.78, 5) is 15.1. The average molecular weight is 339 g/mol. The molecule has 4 rings (SSSR count). The van der Waals surface area contributed by atoms with Crippen molar-refractivity contribution >= 4 is 16.9 Å². The van der Waals surface area contributed by atoms with Crippen LogP contribution in [0.1, 0.15) is 35.0 Å². The Kier molecular flexibility index (Phi) is 3.95. The molecule has 0 N–H and O–H groups in total. The van der Waals surface area contributed by atoms with Crippen LogP contribution in [0.5, 0.6) is 5.75 Å². The molecule has 1 aliphatic rings. The average Bonchev–Trinajstić information content (AvgIpc) is 3.28. The van der Waals surface area contributed by atoms with E-state index in [0.717, 1.165) is 30.5 Å². The Hall–Kier alpha value is -2.76. The standard InChI is InChI=1S/C19H21N3O3/c1-13-18(16-11-15(24-2)6-7-17(16)25-13)19(23)21-9-3-5-14(12-21)22-10-4-8-20-22/h4,6-8,10-11,14H,3,5,9,12H2,1-2H3/t14-/m1/s1. The highest BCUT2D eigenvalue weighted by atomic mass is 16.5. The van der Waals surface area contributed by atoms with Gasteiger partial charge in [-0.2, -0.15) is 5.10 Å². The lowest BCUT2D eigenvalue weighted by molar-refractivity contribution is 0.0673. The van der Waals surface area contributed by atoms with Crippen molar-refractivity contribution in [2.45, 2.75) is 25.8 Å². The third-order valence-electron chi connectivity index (χ3n) is 4.87. The van der Waals surface area contributed by atoms with Gasteiger partial charge in [0.15, 0.2) is 0 Å². The lowest BCUT2D eigenvalue weighted by atomic mass is 10.0. The Labute approximate surface area is 146 Å². The molecule has 0 radical (unpaired) electrons. The number of fused-ring (bicyclic) bond motifs is 1. The van der Waals surface area contributed by atoms with Gasteiger partial charge in [0.05, 0.1) is 18.7 Å². The Morgan fingerprint density at radius 3 is 3.04 bits per heavy atom. The zero-order chi connectivity index (χ0) is 17.4. The molecule has 2 aromatic heterocycles. The number of aryl methyl sites for hydroxylation is 1. The van der Waals surface area contributed by atoms with Gasteiger partial charge in [-0.25, -0.2) is 0 Å². The number of methoxy groups -OCH3 is 1. The van der Waals surface area contributed by atoms with Crippen LogP contribution >= 0.6 is 0 Å². The Bertz CT molecular complexity index is 898. The van der Waals surface area contributed by atoms with Gasteiger partial charge < -0.3 is 14.1 Å². The summed E-state index contributed by atoms with van der Waals surface area (Å²) in [5.41, 5.74) is 1.34. The van der Waals surface area contributed by atoms with E-state index in [1.807, 2.05) is 47.0 Å². The Morgan fingerprint density at radius 1 is 1.40 bits per heavy atom. The van der Waals surface area contributed by atoms with E-state index >= 15 is 0 Å². The number of hydrogen-bond donors (Lipinski definition) is 0. The molecule has 1 fully saturated rings. The SMILES string of the molecule is COc1ccc2oc(C)c(C(=O)N3CCC[C@@H](n4cccn4)C3)c2c1. The first-order chi connectivity index (χ1) is 12.2. The van der Waals surface area contributed by atoms with Crippen LogP contribution in [0.25, 0.3) is 11.0 Å². The van der Waals surface area contributed by atoms with Gasteiger partial charge in [-0.15, -0.1) is 0 Å². The third kappa shape index (κ3) is 2.77. The number of amides is 1. The molecule has 0 aliphatic carbocycles. The fourth-order valence-corrected chi connectivity index (χ4v) is 3.60. The minimum absolute atomic E-state index is 0.0151. The maximum atomic E-state index is 13.2. The molecule has 1 atom stereocenters. The molecule has 3 heterocycles. The highest BCUT2D eigenvalue weighted by Gasteiger charge is 2.29. The minimum Gasteiger partial charge on any atom is -0.497 e. The van der Waals surface area contributed by atoms with E-state index in [1.54, 1.807) is 13.3 Å². The van der Waals surface area contributed by atoms with Crippen molar-refractivity contribution in [3.05, 3.63) is 48.0 Å². The molecule has 0 bridgehead atoms. The van der Waals surface area contributed by atoms with Crippen molar-refractivity contribution in [2.24, 2.45) is 0 Å².